The molecule has 2 rings (SSSR count). The van der Waals surface area contributed by atoms with Gasteiger partial charge in [0.15, 0.2) is 17.5 Å². The van der Waals surface area contributed by atoms with Gasteiger partial charge < -0.3 is 5.11 Å². The van der Waals surface area contributed by atoms with Crippen LogP contribution in [0.25, 0.3) is 0 Å². The minimum Gasteiger partial charge on any atom is -0.384 e. The number of aliphatic hydroxyl groups excluding tert-OH is 1. The van der Waals surface area contributed by atoms with E-state index < -0.39 is 23.6 Å². The van der Waals surface area contributed by atoms with Crippen LogP contribution in [-0.2, 0) is 6.54 Å². The predicted octanol–water partition coefficient (Wildman–Crippen LogP) is 2.79. The number of halogens is 3. The fourth-order valence-corrected chi connectivity index (χ4v) is 1.80. The minimum absolute atomic E-state index is 0.0487. The summed E-state index contributed by atoms with van der Waals surface area (Å²) in [5.74, 6) is -4.19. The summed E-state index contributed by atoms with van der Waals surface area (Å²) in [7, 11) is 0. The molecule has 0 spiro atoms. The lowest BCUT2D eigenvalue weighted by Gasteiger charge is -2.09. The van der Waals surface area contributed by atoms with Gasteiger partial charge in [0.1, 0.15) is 6.10 Å². The monoisotopic (exact) mass is 270 g/mol. The van der Waals surface area contributed by atoms with Crippen LogP contribution in [0.4, 0.5) is 13.2 Å². The van der Waals surface area contributed by atoms with Gasteiger partial charge in [0, 0.05) is 18.3 Å². The molecule has 1 aromatic carbocycles. The summed E-state index contributed by atoms with van der Waals surface area (Å²) in [5, 5.41) is 14.0. The van der Waals surface area contributed by atoms with E-state index in [4.69, 9.17) is 0 Å². The highest BCUT2D eigenvalue weighted by Gasteiger charge is 2.18. The Balaban J connectivity index is 2.30. The van der Waals surface area contributed by atoms with E-state index in [0.717, 1.165) is 18.6 Å². The molecule has 0 bridgehead atoms. The van der Waals surface area contributed by atoms with Gasteiger partial charge in [-0.3, -0.25) is 4.68 Å². The predicted molar refractivity (Wildman–Crippen MR) is 62.9 cm³/mol. The van der Waals surface area contributed by atoms with Crippen LogP contribution in [0, 0.1) is 17.5 Å². The van der Waals surface area contributed by atoms with E-state index in [0.29, 0.717) is 12.1 Å². The lowest BCUT2D eigenvalue weighted by atomic mass is 10.0. The zero-order chi connectivity index (χ0) is 14.0. The van der Waals surface area contributed by atoms with Crippen LogP contribution in [0.5, 0.6) is 0 Å². The van der Waals surface area contributed by atoms with E-state index in [1.54, 1.807) is 10.9 Å². The normalized spacial score (nSPS) is 12.7. The Hall–Kier alpha value is -1.82. The first-order valence-corrected chi connectivity index (χ1v) is 5.87. The molecule has 0 saturated carbocycles. The van der Waals surface area contributed by atoms with E-state index in [-0.39, 0.29) is 5.56 Å². The number of hydrogen-bond donors (Lipinski definition) is 1. The lowest BCUT2D eigenvalue weighted by Crippen LogP contribution is -2.02. The second-order valence-electron chi connectivity index (χ2n) is 4.24. The van der Waals surface area contributed by atoms with E-state index in [9.17, 15) is 18.3 Å². The van der Waals surface area contributed by atoms with Crippen molar-refractivity contribution >= 4 is 0 Å². The maximum Gasteiger partial charge on any atom is 0.194 e. The standard InChI is InChI=1S/C13H13F3N2O/c1-2-3-18-7-9(6-17-18)13(19)8-4-10(14)12(16)11(15)5-8/h4-7,13,19H,2-3H2,1H3. The Morgan fingerprint density at radius 1 is 1.21 bits per heavy atom. The molecule has 1 heterocycles. The van der Waals surface area contributed by atoms with Crippen molar-refractivity contribution in [1.82, 2.24) is 9.78 Å². The molecule has 1 atom stereocenters. The molecule has 0 aliphatic rings. The molecule has 3 nitrogen and oxygen atoms in total. The van der Waals surface area contributed by atoms with Gasteiger partial charge in [0.2, 0.25) is 0 Å². The quantitative estimate of drug-likeness (QED) is 0.867. The van der Waals surface area contributed by atoms with E-state index in [2.05, 4.69) is 5.10 Å². The number of aryl methyl sites for hydroxylation is 1. The topological polar surface area (TPSA) is 38.0 Å². The fourth-order valence-electron chi connectivity index (χ4n) is 1.80. The first-order valence-electron chi connectivity index (χ1n) is 5.87. The Kier molecular flexibility index (Phi) is 3.90. The van der Waals surface area contributed by atoms with Crippen molar-refractivity contribution in [3.05, 3.63) is 53.1 Å². The van der Waals surface area contributed by atoms with Gasteiger partial charge >= 0.3 is 0 Å². The smallest absolute Gasteiger partial charge is 0.194 e. The maximum absolute atomic E-state index is 13.1. The van der Waals surface area contributed by atoms with Crippen LogP contribution in [0.15, 0.2) is 24.5 Å². The molecular weight excluding hydrogens is 257 g/mol. The van der Waals surface area contributed by atoms with Gasteiger partial charge in [-0.25, -0.2) is 13.2 Å². The summed E-state index contributed by atoms with van der Waals surface area (Å²) in [6.45, 7) is 2.65. The van der Waals surface area contributed by atoms with Crippen molar-refractivity contribution in [2.24, 2.45) is 0 Å². The van der Waals surface area contributed by atoms with Crippen LogP contribution >= 0.6 is 0 Å². The molecule has 0 aliphatic heterocycles. The van der Waals surface area contributed by atoms with Crippen molar-refractivity contribution in [2.45, 2.75) is 26.0 Å². The summed E-state index contributed by atoms with van der Waals surface area (Å²) in [5.41, 5.74) is 0.353. The van der Waals surface area contributed by atoms with Crippen LogP contribution in [0.1, 0.15) is 30.6 Å². The molecule has 102 valence electrons. The highest BCUT2D eigenvalue weighted by Crippen LogP contribution is 2.24. The van der Waals surface area contributed by atoms with Crippen molar-refractivity contribution < 1.29 is 18.3 Å². The van der Waals surface area contributed by atoms with Crippen molar-refractivity contribution in [3.63, 3.8) is 0 Å². The molecule has 0 radical (unpaired) electrons. The summed E-state index contributed by atoms with van der Waals surface area (Å²) in [6.07, 6.45) is 2.64. The third-order valence-corrected chi connectivity index (χ3v) is 2.74. The molecule has 1 N–H and O–H groups in total. The van der Waals surface area contributed by atoms with Crippen molar-refractivity contribution in [2.75, 3.05) is 0 Å². The average molecular weight is 270 g/mol. The second kappa shape index (κ2) is 5.44. The molecule has 1 unspecified atom stereocenters. The largest absolute Gasteiger partial charge is 0.384 e. The lowest BCUT2D eigenvalue weighted by molar-refractivity contribution is 0.218. The summed E-state index contributed by atoms with van der Waals surface area (Å²) in [6, 6.07) is 1.56. The Morgan fingerprint density at radius 3 is 2.42 bits per heavy atom. The molecule has 0 fully saturated rings. The molecule has 0 amide bonds. The van der Waals surface area contributed by atoms with Crippen molar-refractivity contribution in [1.29, 1.82) is 0 Å². The molecule has 6 heteroatoms. The van der Waals surface area contributed by atoms with Gasteiger partial charge in [-0.15, -0.1) is 0 Å². The highest BCUT2D eigenvalue weighted by molar-refractivity contribution is 5.28. The first kappa shape index (κ1) is 13.6. The first-order chi connectivity index (χ1) is 9.02. The van der Waals surface area contributed by atoms with Gasteiger partial charge in [-0.1, -0.05) is 6.92 Å². The minimum atomic E-state index is -1.54. The van der Waals surface area contributed by atoms with Crippen molar-refractivity contribution in [3.8, 4) is 0 Å². The third kappa shape index (κ3) is 2.78. The molecule has 19 heavy (non-hydrogen) atoms. The summed E-state index contributed by atoms with van der Waals surface area (Å²) < 4.78 is 40.6. The number of aromatic nitrogens is 2. The van der Waals surface area contributed by atoms with E-state index >= 15 is 0 Å². The number of hydrogen-bond acceptors (Lipinski definition) is 2. The SMILES string of the molecule is CCCn1cc(C(O)c2cc(F)c(F)c(F)c2)cn1. The van der Waals surface area contributed by atoms with Gasteiger partial charge in [-0.2, -0.15) is 5.10 Å². The van der Waals surface area contributed by atoms with Crippen LogP contribution < -0.4 is 0 Å². The summed E-state index contributed by atoms with van der Waals surface area (Å²) in [4.78, 5) is 0. The third-order valence-electron chi connectivity index (χ3n) is 2.74. The Morgan fingerprint density at radius 2 is 1.84 bits per heavy atom. The number of aliphatic hydroxyl groups is 1. The summed E-state index contributed by atoms with van der Waals surface area (Å²) >= 11 is 0. The van der Waals surface area contributed by atoms with E-state index in [1.165, 1.54) is 6.20 Å². The van der Waals surface area contributed by atoms with Crippen LogP contribution in [-0.4, -0.2) is 14.9 Å². The van der Waals surface area contributed by atoms with E-state index in [1.807, 2.05) is 6.92 Å². The average Bonchev–Trinajstić information content (AvgIpc) is 2.83. The number of benzene rings is 1. The second-order valence-corrected chi connectivity index (χ2v) is 4.24. The fraction of sp³-hybridized carbons (Fsp3) is 0.308. The van der Waals surface area contributed by atoms with Crippen LogP contribution in [0.2, 0.25) is 0 Å². The molecule has 0 aliphatic carbocycles. The number of rotatable bonds is 4. The Bertz CT molecular complexity index is 560. The maximum atomic E-state index is 13.1. The Labute approximate surface area is 108 Å². The molecular formula is C13H13F3N2O. The zero-order valence-electron chi connectivity index (χ0n) is 10.3. The van der Waals surface area contributed by atoms with Gasteiger partial charge in [0.05, 0.1) is 6.20 Å². The molecule has 1 aromatic heterocycles. The molecule has 2 aromatic rings. The zero-order valence-corrected chi connectivity index (χ0v) is 10.3. The number of nitrogens with zero attached hydrogens (tertiary/aromatic N) is 2. The van der Waals surface area contributed by atoms with Gasteiger partial charge in [0.25, 0.3) is 0 Å². The highest BCUT2D eigenvalue weighted by atomic mass is 19.2. The molecule has 0 saturated heterocycles. The van der Waals surface area contributed by atoms with Crippen LogP contribution in [0.3, 0.4) is 0 Å². The van der Waals surface area contributed by atoms with Gasteiger partial charge in [-0.05, 0) is 24.1 Å².